The predicted molar refractivity (Wildman–Crippen MR) is 70.2 cm³/mol. The first-order chi connectivity index (χ1) is 8.94. The lowest BCUT2D eigenvalue weighted by Crippen LogP contribution is -2.59. The van der Waals surface area contributed by atoms with Gasteiger partial charge in [-0.25, -0.2) is 4.79 Å². The molecule has 1 amide bonds. The fourth-order valence-corrected chi connectivity index (χ4v) is 2.63. The average Bonchev–Trinajstić information content (AvgIpc) is 2.38. The minimum absolute atomic E-state index is 0.140. The van der Waals surface area contributed by atoms with E-state index in [4.69, 9.17) is 10.5 Å². The topological polar surface area (TPSA) is 102 Å². The Labute approximate surface area is 113 Å². The lowest BCUT2D eigenvalue weighted by Gasteiger charge is -2.39. The molecule has 1 saturated carbocycles. The number of carbonyl (C=O) groups is 2. The van der Waals surface area contributed by atoms with Crippen molar-refractivity contribution in [3.05, 3.63) is 0 Å². The molecule has 3 atom stereocenters. The van der Waals surface area contributed by atoms with Gasteiger partial charge in [0.15, 0.2) is 6.04 Å². The SMILES string of the molecule is CCOC(=O)C(N)C(=O)NC1(CO)CCCC(C)C1. The number of nitrogens with one attached hydrogen (secondary N) is 1. The highest BCUT2D eigenvalue weighted by Crippen LogP contribution is 2.31. The molecule has 4 N–H and O–H groups in total. The van der Waals surface area contributed by atoms with Crippen LogP contribution in [0, 0.1) is 5.92 Å². The quantitative estimate of drug-likeness (QED) is 0.480. The zero-order chi connectivity index (χ0) is 14.5. The van der Waals surface area contributed by atoms with Crippen LogP contribution in [0.5, 0.6) is 0 Å². The number of hydrogen-bond donors (Lipinski definition) is 3. The number of aliphatic hydroxyl groups excluding tert-OH is 1. The van der Waals surface area contributed by atoms with Gasteiger partial charge in [0.2, 0.25) is 5.91 Å². The smallest absolute Gasteiger partial charge is 0.332 e. The van der Waals surface area contributed by atoms with E-state index in [-0.39, 0.29) is 13.2 Å². The Morgan fingerprint density at radius 3 is 2.79 bits per heavy atom. The highest BCUT2D eigenvalue weighted by Gasteiger charge is 2.38. The predicted octanol–water partition coefficient (Wildman–Crippen LogP) is -0.0658. The van der Waals surface area contributed by atoms with Gasteiger partial charge < -0.3 is 20.9 Å². The third-order valence-corrected chi connectivity index (χ3v) is 3.61. The normalized spacial score (nSPS) is 28.5. The van der Waals surface area contributed by atoms with Crippen LogP contribution in [-0.2, 0) is 14.3 Å². The van der Waals surface area contributed by atoms with Crippen LogP contribution in [0.25, 0.3) is 0 Å². The Hall–Kier alpha value is -1.14. The second-order valence-corrected chi connectivity index (χ2v) is 5.36. The van der Waals surface area contributed by atoms with Crippen LogP contribution < -0.4 is 11.1 Å². The molecular weight excluding hydrogens is 248 g/mol. The highest BCUT2D eigenvalue weighted by atomic mass is 16.5. The number of esters is 1. The summed E-state index contributed by atoms with van der Waals surface area (Å²) < 4.78 is 4.71. The van der Waals surface area contributed by atoms with E-state index in [1.807, 2.05) is 0 Å². The number of hydrogen-bond acceptors (Lipinski definition) is 5. The van der Waals surface area contributed by atoms with Gasteiger partial charge >= 0.3 is 5.97 Å². The number of aliphatic hydroxyl groups is 1. The van der Waals surface area contributed by atoms with Crippen molar-refractivity contribution in [2.24, 2.45) is 11.7 Å². The molecule has 0 aromatic rings. The van der Waals surface area contributed by atoms with Crippen molar-refractivity contribution in [2.45, 2.75) is 51.1 Å². The van der Waals surface area contributed by atoms with E-state index in [9.17, 15) is 14.7 Å². The maximum absolute atomic E-state index is 12.0. The fourth-order valence-electron chi connectivity index (χ4n) is 2.63. The largest absolute Gasteiger partial charge is 0.464 e. The second kappa shape index (κ2) is 6.86. The zero-order valence-corrected chi connectivity index (χ0v) is 11.6. The number of ether oxygens (including phenoxy) is 1. The van der Waals surface area contributed by atoms with E-state index < -0.39 is 23.5 Å². The Morgan fingerprint density at radius 1 is 1.58 bits per heavy atom. The van der Waals surface area contributed by atoms with E-state index in [0.29, 0.717) is 18.8 Å². The third kappa shape index (κ3) is 4.18. The van der Waals surface area contributed by atoms with Crippen molar-refractivity contribution in [3.63, 3.8) is 0 Å². The molecule has 1 aliphatic carbocycles. The van der Waals surface area contributed by atoms with E-state index in [0.717, 1.165) is 12.8 Å². The molecule has 1 aliphatic rings. The van der Waals surface area contributed by atoms with Crippen LogP contribution in [0.15, 0.2) is 0 Å². The van der Waals surface area contributed by atoms with Gasteiger partial charge in [-0.2, -0.15) is 0 Å². The summed E-state index contributed by atoms with van der Waals surface area (Å²) in [6.45, 7) is 3.78. The van der Waals surface area contributed by atoms with Gasteiger partial charge in [0.1, 0.15) is 0 Å². The summed E-state index contributed by atoms with van der Waals surface area (Å²) >= 11 is 0. The number of rotatable bonds is 5. The van der Waals surface area contributed by atoms with E-state index in [1.54, 1.807) is 6.92 Å². The number of carbonyl (C=O) groups excluding carboxylic acids is 2. The highest BCUT2D eigenvalue weighted by molar-refractivity contribution is 6.01. The van der Waals surface area contributed by atoms with E-state index in [1.165, 1.54) is 0 Å². The minimum Gasteiger partial charge on any atom is -0.464 e. The zero-order valence-electron chi connectivity index (χ0n) is 11.6. The third-order valence-electron chi connectivity index (χ3n) is 3.61. The number of nitrogens with two attached hydrogens (primary N) is 1. The Balaban J connectivity index is 2.64. The van der Waals surface area contributed by atoms with Gasteiger partial charge in [0.05, 0.1) is 18.8 Å². The summed E-state index contributed by atoms with van der Waals surface area (Å²) in [5.74, 6) is -0.890. The van der Waals surface area contributed by atoms with Crippen LogP contribution in [0.3, 0.4) is 0 Å². The molecule has 0 radical (unpaired) electrons. The molecule has 110 valence electrons. The van der Waals surface area contributed by atoms with Gasteiger partial charge in [-0.1, -0.05) is 19.8 Å². The first-order valence-corrected chi connectivity index (χ1v) is 6.79. The maximum atomic E-state index is 12.0. The average molecular weight is 272 g/mol. The molecule has 0 saturated heterocycles. The first kappa shape index (κ1) is 15.9. The lowest BCUT2D eigenvalue weighted by atomic mass is 9.76. The van der Waals surface area contributed by atoms with E-state index >= 15 is 0 Å². The molecule has 0 aromatic carbocycles. The van der Waals surface area contributed by atoms with Crippen molar-refractivity contribution >= 4 is 11.9 Å². The Morgan fingerprint density at radius 2 is 2.26 bits per heavy atom. The Kier molecular flexibility index (Phi) is 5.75. The first-order valence-electron chi connectivity index (χ1n) is 6.79. The van der Waals surface area contributed by atoms with Crippen molar-refractivity contribution in [1.29, 1.82) is 0 Å². The van der Waals surface area contributed by atoms with Crippen LogP contribution in [0.4, 0.5) is 0 Å². The fraction of sp³-hybridized carbons (Fsp3) is 0.846. The van der Waals surface area contributed by atoms with Crippen LogP contribution in [-0.4, -0.2) is 41.8 Å². The maximum Gasteiger partial charge on any atom is 0.332 e. The van der Waals surface area contributed by atoms with Crippen molar-refractivity contribution in [1.82, 2.24) is 5.32 Å². The van der Waals surface area contributed by atoms with Gasteiger partial charge in [0, 0.05) is 0 Å². The summed E-state index contributed by atoms with van der Waals surface area (Å²) in [4.78, 5) is 23.4. The Bertz CT molecular complexity index is 335. The van der Waals surface area contributed by atoms with Gasteiger partial charge in [0.25, 0.3) is 0 Å². The summed E-state index contributed by atoms with van der Waals surface area (Å²) in [5.41, 5.74) is 4.89. The second-order valence-electron chi connectivity index (χ2n) is 5.36. The van der Waals surface area contributed by atoms with Crippen LogP contribution in [0.1, 0.15) is 39.5 Å². The molecular formula is C13H24N2O4. The molecule has 0 bridgehead atoms. The molecule has 0 aliphatic heterocycles. The van der Waals surface area contributed by atoms with Gasteiger partial charge in [-0.3, -0.25) is 4.79 Å². The standard InChI is InChI=1S/C13H24N2O4/c1-3-19-12(18)10(14)11(17)15-13(8-16)6-4-5-9(2)7-13/h9-10,16H,3-8,14H2,1-2H3,(H,15,17). The molecule has 1 rings (SSSR count). The summed E-state index contributed by atoms with van der Waals surface area (Å²) in [7, 11) is 0. The summed E-state index contributed by atoms with van der Waals surface area (Å²) in [6, 6.07) is -1.33. The molecule has 6 heteroatoms. The molecule has 3 unspecified atom stereocenters. The van der Waals surface area contributed by atoms with E-state index in [2.05, 4.69) is 12.2 Å². The summed E-state index contributed by atoms with van der Waals surface area (Å²) in [5, 5.41) is 12.3. The molecule has 19 heavy (non-hydrogen) atoms. The monoisotopic (exact) mass is 272 g/mol. The molecule has 1 fully saturated rings. The molecule has 0 heterocycles. The van der Waals surface area contributed by atoms with Crippen LogP contribution in [0.2, 0.25) is 0 Å². The van der Waals surface area contributed by atoms with Crippen LogP contribution >= 0.6 is 0 Å². The summed E-state index contributed by atoms with van der Waals surface area (Å²) in [6.07, 6.45) is 3.43. The molecule has 6 nitrogen and oxygen atoms in total. The number of amides is 1. The molecule has 0 spiro atoms. The van der Waals surface area contributed by atoms with Crippen molar-refractivity contribution < 1.29 is 19.4 Å². The van der Waals surface area contributed by atoms with Crippen molar-refractivity contribution in [3.8, 4) is 0 Å². The van der Waals surface area contributed by atoms with Gasteiger partial charge in [-0.15, -0.1) is 0 Å². The van der Waals surface area contributed by atoms with Gasteiger partial charge in [-0.05, 0) is 25.7 Å². The minimum atomic E-state index is -1.33. The van der Waals surface area contributed by atoms with Crippen molar-refractivity contribution in [2.75, 3.05) is 13.2 Å². The lowest BCUT2D eigenvalue weighted by molar-refractivity contribution is -0.148. The molecule has 0 aromatic heterocycles.